The molecule has 12 heavy (non-hydrogen) atoms. The molecule has 0 fully saturated rings. The number of carbonyl (C=O) groups is 1. The average molecular weight is 164 g/mol. The molecule has 0 aromatic carbocycles. The van der Waals surface area contributed by atoms with Gasteiger partial charge in [0.2, 0.25) is 0 Å². The Kier molecular flexibility index (Phi) is 2.85. The Hall–Kier alpha value is -0.850. The number of allylic oxidation sites excluding steroid dienone is 4. The van der Waals surface area contributed by atoms with E-state index in [1.807, 2.05) is 0 Å². The van der Waals surface area contributed by atoms with Crippen LogP contribution < -0.4 is 0 Å². The van der Waals surface area contributed by atoms with Gasteiger partial charge in [0.15, 0.2) is 0 Å². The fourth-order valence-electron chi connectivity index (χ4n) is 1.62. The van der Waals surface area contributed by atoms with Gasteiger partial charge in [-0.1, -0.05) is 37.1 Å². The fraction of sp³-hybridized carbons (Fsp3) is 0.545. The largest absolute Gasteiger partial charge is 0.302 e. The minimum absolute atomic E-state index is 0.0405. The quantitative estimate of drug-likeness (QED) is 0.453. The summed E-state index contributed by atoms with van der Waals surface area (Å²) in [5.41, 5.74) is 2.58. The third-order valence-corrected chi connectivity index (χ3v) is 2.32. The van der Waals surface area contributed by atoms with Gasteiger partial charge in [0.25, 0.3) is 0 Å². The molecule has 1 aliphatic carbocycles. The monoisotopic (exact) mass is 164 g/mol. The van der Waals surface area contributed by atoms with Crippen LogP contribution in [-0.2, 0) is 4.79 Å². The van der Waals surface area contributed by atoms with Crippen molar-refractivity contribution in [2.45, 2.75) is 27.2 Å². The summed E-state index contributed by atoms with van der Waals surface area (Å²) in [5, 5.41) is 0. The van der Waals surface area contributed by atoms with Crippen molar-refractivity contribution in [1.82, 2.24) is 0 Å². The molecule has 1 rings (SSSR count). The average Bonchev–Trinajstić information content (AvgIpc) is 2.03. The van der Waals surface area contributed by atoms with Crippen LogP contribution in [0.3, 0.4) is 0 Å². The lowest BCUT2D eigenvalue weighted by atomic mass is 9.84. The van der Waals surface area contributed by atoms with Crippen LogP contribution in [0.4, 0.5) is 0 Å². The molecule has 0 N–H and O–H groups in total. The molecule has 1 aliphatic rings. The second kappa shape index (κ2) is 3.70. The zero-order valence-corrected chi connectivity index (χ0v) is 8.00. The predicted molar refractivity (Wildman–Crippen MR) is 50.8 cm³/mol. The van der Waals surface area contributed by atoms with Gasteiger partial charge < -0.3 is 4.79 Å². The highest BCUT2D eigenvalue weighted by molar-refractivity contribution is 5.63. The molecule has 0 amide bonds. The first-order chi connectivity index (χ1) is 5.65. The van der Waals surface area contributed by atoms with E-state index >= 15 is 0 Å². The van der Waals surface area contributed by atoms with Crippen LogP contribution in [-0.4, -0.2) is 6.29 Å². The second-order valence-electron chi connectivity index (χ2n) is 3.74. The summed E-state index contributed by atoms with van der Waals surface area (Å²) in [6.07, 6.45) is 6.31. The topological polar surface area (TPSA) is 17.1 Å². The maximum atomic E-state index is 10.7. The Morgan fingerprint density at radius 2 is 2.25 bits per heavy atom. The summed E-state index contributed by atoms with van der Waals surface area (Å²) in [7, 11) is 0. The molecule has 1 nitrogen and oxygen atoms in total. The Morgan fingerprint density at radius 3 is 2.75 bits per heavy atom. The van der Waals surface area contributed by atoms with Crippen molar-refractivity contribution in [2.75, 3.05) is 0 Å². The van der Waals surface area contributed by atoms with Gasteiger partial charge in [0.1, 0.15) is 6.29 Å². The standard InChI is InChI=1S/C11H16O/c1-8(2)11-5-4-9(3)6-10(11)7-12/h5-8,10H,4H2,1-3H3. The zero-order chi connectivity index (χ0) is 9.14. The molecule has 0 aromatic heterocycles. The summed E-state index contributed by atoms with van der Waals surface area (Å²) in [6.45, 7) is 6.34. The van der Waals surface area contributed by atoms with Gasteiger partial charge in [-0.05, 0) is 19.3 Å². The number of aldehydes is 1. The Balaban J connectivity index is 2.83. The van der Waals surface area contributed by atoms with Gasteiger partial charge in [0, 0.05) is 0 Å². The van der Waals surface area contributed by atoms with E-state index in [2.05, 4.69) is 32.9 Å². The van der Waals surface area contributed by atoms with Crippen LogP contribution in [0.2, 0.25) is 0 Å². The van der Waals surface area contributed by atoms with Crippen molar-refractivity contribution in [3.63, 3.8) is 0 Å². The Morgan fingerprint density at radius 1 is 1.58 bits per heavy atom. The minimum atomic E-state index is 0.0405. The van der Waals surface area contributed by atoms with Gasteiger partial charge >= 0.3 is 0 Å². The van der Waals surface area contributed by atoms with E-state index in [-0.39, 0.29) is 5.92 Å². The molecular weight excluding hydrogens is 148 g/mol. The highest BCUT2D eigenvalue weighted by atomic mass is 16.1. The lowest BCUT2D eigenvalue weighted by Gasteiger charge is -2.20. The zero-order valence-electron chi connectivity index (χ0n) is 8.00. The van der Waals surface area contributed by atoms with Gasteiger partial charge in [0.05, 0.1) is 5.92 Å². The normalized spacial score (nSPS) is 23.5. The van der Waals surface area contributed by atoms with E-state index in [1.165, 1.54) is 11.1 Å². The van der Waals surface area contributed by atoms with Gasteiger partial charge in [-0.25, -0.2) is 0 Å². The first-order valence-corrected chi connectivity index (χ1v) is 4.47. The third kappa shape index (κ3) is 1.84. The van der Waals surface area contributed by atoms with Crippen molar-refractivity contribution in [2.24, 2.45) is 11.8 Å². The molecule has 0 spiro atoms. The van der Waals surface area contributed by atoms with Crippen molar-refractivity contribution in [3.8, 4) is 0 Å². The first kappa shape index (κ1) is 9.24. The van der Waals surface area contributed by atoms with Crippen LogP contribution in [0.1, 0.15) is 27.2 Å². The van der Waals surface area contributed by atoms with E-state index in [4.69, 9.17) is 0 Å². The summed E-state index contributed by atoms with van der Waals surface area (Å²) in [6, 6.07) is 0. The van der Waals surface area contributed by atoms with Gasteiger partial charge in [-0.3, -0.25) is 0 Å². The molecule has 0 aromatic rings. The summed E-state index contributed by atoms with van der Waals surface area (Å²) < 4.78 is 0. The highest BCUT2D eigenvalue weighted by Crippen LogP contribution is 2.26. The van der Waals surface area contributed by atoms with E-state index in [9.17, 15) is 4.79 Å². The molecule has 0 saturated carbocycles. The van der Waals surface area contributed by atoms with E-state index in [0.717, 1.165) is 12.7 Å². The molecule has 0 aliphatic heterocycles. The number of carbonyl (C=O) groups excluding carboxylic acids is 1. The maximum absolute atomic E-state index is 10.7. The number of hydrogen-bond donors (Lipinski definition) is 0. The van der Waals surface area contributed by atoms with E-state index < -0.39 is 0 Å². The van der Waals surface area contributed by atoms with Crippen molar-refractivity contribution in [1.29, 1.82) is 0 Å². The lowest BCUT2D eigenvalue weighted by molar-refractivity contribution is -0.109. The Labute approximate surface area is 74.2 Å². The minimum Gasteiger partial charge on any atom is -0.302 e. The van der Waals surface area contributed by atoms with Crippen molar-refractivity contribution >= 4 is 6.29 Å². The molecule has 0 radical (unpaired) electrons. The molecule has 66 valence electrons. The smallest absolute Gasteiger partial charge is 0.130 e. The summed E-state index contributed by atoms with van der Waals surface area (Å²) in [4.78, 5) is 10.7. The van der Waals surface area contributed by atoms with Crippen molar-refractivity contribution in [3.05, 3.63) is 23.3 Å². The van der Waals surface area contributed by atoms with Crippen LogP contribution in [0.5, 0.6) is 0 Å². The molecule has 1 atom stereocenters. The van der Waals surface area contributed by atoms with E-state index in [1.54, 1.807) is 0 Å². The number of hydrogen-bond acceptors (Lipinski definition) is 1. The number of rotatable bonds is 2. The van der Waals surface area contributed by atoms with Crippen LogP contribution >= 0.6 is 0 Å². The first-order valence-electron chi connectivity index (χ1n) is 4.47. The molecule has 0 bridgehead atoms. The molecule has 0 heterocycles. The molecular formula is C11H16O. The van der Waals surface area contributed by atoms with E-state index in [0.29, 0.717) is 5.92 Å². The fourth-order valence-corrected chi connectivity index (χ4v) is 1.62. The lowest BCUT2D eigenvalue weighted by Crippen LogP contribution is -2.11. The van der Waals surface area contributed by atoms with Crippen molar-refractivity contribution < 1.29 is 4.79 Å². The third-order valence-electron chi connectivity index (χ3n) is 2.32. The SMILES string of the molecule is CC1=CC(C=O)C(C(C)C)=CC1. The Bertz CT molecular complexity index is 233. The second-order valence-corrected chi connectivity index (χ2v) is 3.74. The van der Waals surface area contributed by atoms with Crippen LogP contribution in [0, 0.1) is 11.8 Å². The van der Waals surface area contributed by atoms with Crippen LogP contribution in [0.15, 0.2) is 23.3 Å². The maximum Gasteiger partial charge on any atom is 0.130 e. The highest BCUT2D eigenvalue weighted by Gasteiger charge is 2.16. The summed E-state index contributed by atoms with van der Waals surface area (Å²) >= 11 is 0. The van der Waals surface area contributed by atoms with Crippen LogP contribution in [0.25, 0.3) is 0 Å². The van der Waals surface area contributed by atoms with Gasteiger partial charge in [-0.2, -0.15) is 0 Å². The molecule has 0 saturated heterocycles. The molecule has 1 heteroatoms. The van der Waals surface area contributed by atoms with Gasteiger partial charge in [-0.15, -0.1) is 0 Å². The predicted octanol–water partition coefficient (Wildman–Crippen LogP) is 2.73. The summed E-state index contributed by atoms with van der Waals surface area (Å²) in [5.74, 6) is 0.531. The molecule has 1 unspecified atom stereocenters.